The molecule has 1 aromatic heterocycles. The van der Waals surface area contributed by atoms with E-state index in [1.54, 1.807) is 0 Å². The van der Waals surface area contributed by atoms with E-state index in [0.29, 0.717) is 6.01 Å². The number of ether oxygens (including phenoxy) is 1. The fraction of sp³-hybridized carbons (Fsp3) is 0.333. The predicted octanol–water partition coefficient (Wildman–Crippen LogP) is 0.347. The number of rotatable bonds is 1. The van der Waals surface area contributed by atoms with E-state index in [0.717, 1.165) is 11.5 Å². The molecular weight excluding hydrogens is 112 g/mol. The molecule has 1 rings (SSSR count). The second-order valence-electron chi connectivity index (χ2n) is 0.872. The van der Waals surface area contributed by atoms with Crippen LogP contribution in [0.15, 0.2) is 0 Å². The SMILES string of the molecule is COc1n[c]sn1. The van der Waals surface area contributed by atoms with Crippen LogP contribution < -0.4 is 4.74 Å². The summed E-state index contributed by atoms with van der Waals surface area (Å²) in [5, 5.41) is 0. The van der Waals surface area contributed by atoms with Gasteiger partial charge < -0.3 is 4.74 Å². The summed E-state index contributed by atoms with van der Waals surface area (Å²) in [5.74, 6) is 0. The lowest BCUT2D eigenvalue weighted by molar-refractivity contribution is 0.386. The topological polar surface area (TPSA) is 35.0 Å². The first-order valence-corrected chi connectivity index (χ1v) is 2.44. The van der Waals surface area contributed by atoms with Gasteiger partial charge in [0.1, 0.15) is 0 Å². The summed E-state index contributed by atoms with van der Waals surface area (Å²) in [5.41, 5.74) is 2.54. The second kappa shape index (κ2) is 1.88. The third kappa shape index (κ3) is 0.866. The molecule has 0 aliphatic heterocycles. The summed E-state index contributed by atoms with van der Waals surface area (Å²) in [6, 6.07) is 0.394. The molecule has 0 atom stereocenters. The van der Waals surface area contributed by atoms with Gasteiger partial charge >= 0.3 is 6.01 Å². The molecule has 0 saturated carbocycles. The van der Waals surface area contributed by atoms with E-state index in [2.05, 4.69) is 19.6 Å². The number of hydrogen-bond acceptors (Lipinski definition) is 4. The summed E-state index contributed by atoms with van der Waals surface area (Å²) in [6.45, 7) is 0. The number of hydrogen-bond donors (Lipinski definition) is 0. The fourth-order valence-corrected chi connectivity index (χ4v) is 0.575. The zero-order valence-corrected chi connectivity index (χ0v) is 4.53. The Labute approximate surface area is 45.1 Å². The van der Waals surface area contributed by atoms with Crippen LogP contribution in [0.25, 0.3) is 0 Å². The van der Waals surface area contributed by atoms with Gasteiger partial charge in [0.25, 0.3) is 0 Å². The van der Waals surface area contributed by atoms with Crippen LogP contribution in [0, 0.1) is 5.51 Å². The Bertz CT molecular complexity index is 127. The van der Waals surface area contributed by atoms with Crippen LogP contribution in [-0.4, -0.2) is 16.5 Å². The van der Waals surface area contributed by atoms with Crippen LogP contribution in [0.1, 0.15) is 0 Å². The Morgan fingerprint density at radius 1 is 1.86 bits per heavy atom. The monoisotopic (exact) mass is 115 g/mol. The zero-order chi connectivity index (χ0) is 5.11. The van der Waals surface area contributed by atoms with Gasteiger partial charge in [-0.15, -0.1) is 4.37 Å². The minimum Gasteiger partial charge on any atom is -0.466 e. The molecule has 1 radical (unpaired) electrons. The fourth-order valence-electron chi connectivity index (χ4n) is 0.222. The van der Waals surface area contributed by atoms with E-state index < -0.39 is 0 Å². The zero-order valence-electron chi connectivity index (χ0n) is 3.71. The van der Waals surface area contributed by atoms with Crippen LogP contribution >= 0.6 is 11.5 Å². The van der Waals surface area contributed by atoms with Crippen molar-refractivity contribution in [2.45, 2.75) is 0 Å². The van der Waals surface area contributed by atoms with Gasteiger partial charge in [-0.1, -0.05) is 0 Å². The van der Waals surface area contributed by atoms with Gasteiger partial charge in [-0.3, -0.25) is 0 Å². The molecular formula is C3H3N2OS. The molecule has 1 heterocycles. The van der Waals surface area contributed by atoms with Gasteiger partial charge in [0.05, 0.1) is 7.11 Å². The van der Waals surface area contributed by atoms with Gasteiger partial charge in [-0.2, -0.15) is 4.98 Å². The van der Waals surface area contributed by atoms with Crippen LogP contribution in [0.4, 0.5) is 0 Å². The van der Waals surface area contributed by atoms with Crippen molar-refractivity contribution in [1.29, 1.82) is 0 Å². The van der Waals surface area contributed by atoms with E-state index in [1.807, 2.05) is 0 Å². The van der Waals surface area contributed by atoms with Crippen molar-refractivity contribution in [3.05, 3.63) is 5.51 Å². The largest absolute Gasteiger partial charge is 0.466 e. The Morgan fingerprint density at radius 2 is 2.71 bits per heavy atom. The first-order chi connectivity index (χ1) is 3.43. The molecule has 1 aromatic rings. The molecule has 0 amide bonds. The molecule has 4 heteroatoms. The normalized spacial score (nSPS) is 8.71. The molecule has 0 aliphatic rings. The Morgan fingerprint density at radius 3 is 3.00 bits per heavy atom. The first kappa shape index (κ1) is 4.52. The van der Waals surface area contributed by atoms with Crippen molar-refractivity contribution in [1.82, 2.24) is 9.36 Å². The molecule has 0 saturated heterocycles. The van der Waals surface area contributed by atoms with Crippen molar-refractivity contribution >= 4 is 11.5 Å². The molecule has 0 fully saturated rings. The van der Waals surface area contributed by atoms with Crippen LogP contribution in [0.3, 0.4) is 0 Å². The third-order valence-corrected chi connectivity index (χ3v) is 0.909. The highest BCUT2D eigenvalue weighted by Crippen LogP contribution is 1.98. The highest BCUT2D eigenvalue weighted by atomic mass is 32.1. The van der Waals surface area contributed by atoms with Crippen molar-refractivity contribution in [2.75, 3.05) is 7.11 Å². The van der Waals surface area contributed by atoms with Crippen molar-refractivity contribution in [3.63, 3.8) is 0 Å². The minimum atomic E-state index is 0.394. The molecule has 37 valence electrons. The van der Waals surface area contributed by atoms with Gasteiger partial charge in [0.2, 0.25) is 0 Å². The van der Waals surface area contributed by atoms with Crippen molar-refractivity contribution < 1.29 is 4.74 Å². The lowest BCUT2D eigenvalue weighted by Crippen LogP contribution is -1.81. The van der Waals surface area contributed by atoms with Crippen LogP contribution in [0.2, 0.25) is 0 Å². The highest BCUT2D eigenvalue weighted by molar-refractivity contribution is 7.02. The average Bonchev–Trinajstić information content (AvgIpc) is 2.14. The lowest BCUT2D eigenvalue weighted by Gasteiger charge is -1.82. The van der Waals surface area contributed by atoms with Gasteiger partial charge in [-0.05, 0) is 11.5 Å². The van der Waals surface area contributed by atoms with E-state index in [4.69, 9.17) is 0 Å². The maximum absolute atomic E-state index is 4.61. The summed E-state index contributed by atoms with van der Waals surface area (Å²) < 4.78 is 8.30. The van der Waals surface area contributed by atoms with E-state index >= 15 is 0 Å². The number of methoxy groups -OCH3 is 1. The van der Waals surface area contributed by atoms with Crippen LogP contribution in [0.5, 0.6) is 6.01 Å². The molecule has 0 N–H and O–H groups in total. The molecule has 0 aliphatic carbocycles. The summed E-state index contributed by atoms with van der Waals surface area (Å²) in [4.78, 5) is 3.59. The summed E-state index contributed by atoms with van der Waals surface area (Å²) in [7, 11) is 1.52. The number of nitrogens with zero attached hydrogens (tertiary/aromatic N) is 2. The Balaban J connectivity index is 2.76. The minimum absolute atomic E-state index is 0.394. The molecule has 0 bridgehead atoms. The standard InChI is InChI=1S/C3H3N2OS/c1-6-3-4-2-7-5-3/h1H3. The summed E-state index contributed by atoms with van der Waals surface area (Å²) >= 11 is 1.15. The van der Waals surface area contributed by atoms with Gasteiger partial charge in [-0.25, -0.2) is 0 Å². The highest BCUT2D eigenvalue weighted by Gasteiger charge is 1.88. The van der Waals surface area contributed by atoms with E-state index in [-0.39, 0.29) is 0 Å². The second-order valence-corrected chi connectivity index (χ2v) is 1.42. The van der Waals surface area contributed by atoms with Crippen molar-refractivity contribution in [2.24, 2.45) is 0 Å². The number of aromatic nitrogens is 2. The third-order valence-electron chi connectivity index (χ3n) is 0.488. The molecule has 7 heavy (non-hydrogen) atoms. The average molecular weight is 115 g/mol. The maximum Gasteiger partial charge on any atom is 0.328 e. The smallest absolute Gasteiger partial charge is 0.328 e. The molecule has 0 aromatic carbocycles. The lowest BCUT2D eigenvalue weighted by atomic mass is 11.2. The molecule has 0 unspecified atom stereocenters. The predicted molar refractivity (Wildman–Crippen MR) is 25.3 cm³/mol. The van der Waals surface area contributed by atoms with E-state index in [9.17, 15) is 0 Å². The van der Waals surface area contributed by atoms with Crippen molar-refractivity contribution in [3.8, 4) is 6.01 Å². The quantitative estimate of drug-likeness (QED) is 0.529. The van der Waals surface area contributed by atoms with Gasteiger partial charge in [0, 0.05) is 0 Å². The van der Waals surface area contributed by atoms with Gasteiger partial charge in [0.15, 0.2) is 5.51 Å². The summed E-state index contributed by atoms with van der Waals surface area (Å²) in [6.07, 6.45) is 0. The molecule has 3 nitrogen and oxygen atoms in total. The first-order valence-electron chi connectivity index (χ1n) is 1.67. The maximum atomic E-state index is 4.61. The Hall–Kier alpha value is -0.640. The Kier molecular flexibility index (Phi) is 1.21. The van der Waals surface area contributed by atoms with E-state index in [1.165, 1.54) is 7.11 Å². The van der Waals surface area contributed by atoms with Crippen LogP contribution in [-0.2, 0) is 0 Å². The molecule has 0 spiro atoms.